The lowest BCUT2D eigenvalue weighted by Gasteiger charge is -2.14. The zero-order valence-electron chi connectivity index (χ0n) is 18.7. The average molecular weight is 421 g/mol. The maximum Gasteiger partial charge on any atom is 0.267 e. The van der Waals surface area contributed by atoms with E-state index in [4.69, 9.17) is 0 Å². The van der Waals surface area contributed by atoms with E-state index in [0.717, 1.165) is 64.2 Å². The van der Waals surface area contributed by atoms with Gasteiger partial charge in [-0.05, 0) is 25.7 Å². The SMILES string of the molecule is CCCCCCCCC(CCCCCCC(O)CCCCCCC)S(=O)(=O)O. The number of aliphatic hydroxyl groups is 1. The summed E-state index contributed by atoms with van der Waals surface area (Å²) in [4.78, 5) is 0. The van der Waals surface area contributed by atoms with Crippen LogP contribution in [0.2, 0.25) is 0 Å². The molecule has 5 heteroatoms. The molecule has 0 aliphatic rings. The van der Waals surface area contributed by atoms with Crippen LogP contribution in [0.5, 0.6) is 0 Å². The van der Waals surface area contributed by atoms with Gasteiger partial charge in [0, 0.05) is 0 Å². The predicted octanol–water partition coefficient (Wildman–Crippen LogP) is 7.06. The first kappa shape index (κ1) is 27.9. The highest BCUT2D eigenvalue weighted by atomic mass is 32.2. The van der Waals surface area contributed by atoms with Crippen LogP contribution in [-0.4, -0.2) is 29.4 Å². The van der Waals surface area contributed by atoms with Gasteiger partial charge in [-0.3, -0.25) is 4.55 Å². The van der Waals surface area contributed by atoms with Crippen molar-refractivity contribution in [3.05, 3.63) is 0 Å². The van der Waals surface area contributed by atoms with Crippen LogP contribution in [0.1, 0.15) is 136 Å². The normalized spacial score (nSPS) is 14.3. The second kappa shape index (κ2) is 18.9. The molecule has 0 saturated heterocycles. The Balaban J connectivity index is 3.73. The largest absolute Gasteiger partial charge is 0.393 e. The van der Waals surface area contributed by atoms with Crippen LogP contribution in [0.15, 0.2) is 0 Å². The molecule has 0 radical (unpaired) electrons. The molecule has 0 aliphatic carbocycles. The van der Waals surface area contributed by atoms with Crippen LogP contribution >= 0.6 is 0 Å². The summed E-state index contributed by atoms with van der Waals surface area (Å²) in [6.45, 7) is 4.39. The van der Waals surface area contributed by atoms with Gasteiger partial charge in [-0.2, -0.15) is 8.42 Å². The van der Waals surface area contributed by atoms with Gasteiger partial charge < -0.3 is 5.11 Å². The van der Waals surface area contributed by atoms with Gasteiger partial charge in [-0.25, -0.2) is 0 Å². The topological polar surface area (TPSA) is 74.6 Å². The Morgan fingerprint density at radius 2 is 0.893 bits per heavy atom. The standard InChI is InChI=1S/C23H48O4S/c1-3-5-7-9-11-16-20-23(28(25,26)27)21-17-13-12-15-19-22(24)18-14-10-8-6-4-2/h22-24H,3-21H2,1-2H3,(H,25,26,27). The van der Waals surface area contributed by atoms with Gasteiger partial charge in [0.2, 0.25) is 0 Å². The van der Waals surface area contributed by atoms with Crippen LogP contribution in [0, 0.1) is 0 Å². The summed E-state index contributed by atoms with van der Waals surface area (Å²) < 4.78 is 32.7. The van der Waals surface area contributed by atoms with E-state index in [9.17, 15) is 18.1 Å². The van der Waals surface area contributed by atoms with Gasteiger partial charge in [-0.1, -0.05) is 110 Å². The van der Waals surface area contributed by atoms with Crippen molar-refractivity contribution in [1.82, 2.24) is 0 Å². The molecule has 0 aromatic carbocycles. The molecule has 0 bridgehead atoms. The van der Waals surface area contributed by atoms with E-state index in [1.807, 2.05) is 0 Å². The van der Waals surface area contributed by atoms with Crippen LogP contribution in [-0.2, 0) is 10.1 Å². The first-order valence-corrected chi connectivity index (χ1v) is 13.6. The molecule has 0 aromatic heterocycles. The number of unbranched alkanes of at least 4 members (excludes halogenated alkanes) is 12. The second-order valence-electron chi connectivity index (χ2n) is 8.54. The Labute approximate surface area is 175 Å². The van der Waals surface area contributed by atoms with Crippen molar-refractivity contribution in [2.45, 2.75) is 147 Å². The molecule has 170 valence electrons. The lowest BCUT2D eigenvalue weighted by molar-refractivity contribution is 0.147. The van der Waals surface area contributed by atoms with Crippen molar-refractivity contribution in [2.24, 2.45) is 0 Å². The zero-order chi connectivity index (χ0) is 21.1. The minimum absolute atomic E-state index is 0.181. The van der Waals surface area contributed by atoms with Gasteiger partial charge >= 0.3 is 0 Å². The van der Waals surface area contributed by atoms with E-state index in [-0.39, 0.29) is 6.10 Å². The molecule has 28 heavy (non-hydrogen) atoms. The van der Waals surface area contributed by atoms with E-state index < -0.39 is 15.4 Å². The zero-order valence-corrected chi connectivity index (χ0v) is 19.5. The van der Waals surface area contributed by atoms with E-state index in [2.05, 4.69) is 13.8 Å². The Kier molecular flexibility index (Phi) is 18.8. The molecular formula is C23H48O4S. The maximum atomic E-state index is 11.6. The van der Waals surface area contributed by atoms with Gasteiger partial charge in [0.05, 0.1) is 11.4 Å². The van der Waals surface area contributed by atoms with Crippen molar-refractivity contribution in [2.75, 3.05) is 0 Å². The van der Waals surface area contributed by atoms with Gasteiger partial charge in [-0.15, -0.1) is 0 Å². The fourth-order valence-corrected chi connectivity index (χ4v) is 4.76. The molecule has 2 atom stereocenters. The number of rotatable bonds is 21. The fraction of sp³-hybridized carbons (Fsp3) is 1.00. The molecule has 4 nitrogen and oxygen atoms in total. The minimum atomic E-state index is -3.93. The van der Waals surface area contributed by atoms with Crippen molar-refractivity contribution in [1.29, 1.82) is 0 Å². The highest BCUT2D eigenvalue weighted by molar-refractivity contribution is 7.86. The summed E-state index contributed by atoms with van der Waals surface area (Å²) >= 11 is 0. The molecule has 0 saturated carbocycles. The van der Waals surface area contributed by atoms with Gasteiger partial charge in [0.15, 0.2) is 0 Å². The van der Waals surface area contributed by atoms with E-state index in [1.54, 1.807) is 0 Å². The molecule has 0 rings (SSSR count). The summed E-state index contributed by atoms with van der Waals surface area (Å²) in [6, 6.07) is 0. The van der Waals surface area contributed by atoms with Crippen molar-refractivity contribution in [3.63, 3.8) is 0 Å². The van der Waals surface area contributed by atoms with Gasteiger partial charge in [0.1, 0.15) is 0 Å². The highest BCUT2D eigenvalue weighted by Crippen LogP contribution is 2.19. The van der Waals surface area contributed by atoms with Crippen LogP contribution in [0.3, 0.4) is 0 Å². The summed E-state index contributed by atoms with van der Waals surface area (Å²) in [7, 11) is -3.93. The van der Waals surface area contributed by atoms with Crippen LogP contribution < -0.4 is 0 Å². The number of aliphatic hydroxyl groups excluding tert-OH is 1. The fourth-order valence-electron chi connectivity index (χ4n) is 3.83. The highest BCUT2D eigenvalue weighted by Gasteiger charge is 2.21. The molecule has 0 amide bonds. The molecule has 0 aromatic rings. The maximum absolute atomic E-state index is 11.6. The first-order valence-electron chi connectivity index (χ1n) is 12.1. The molecule has 0 spiro atoms. The molecule has 2 unspecified atom stereocenters. The Bertz CT molecular complexity index is 422. The third-order valence-electron chi connectivity index (χ3n) is 5.76. The predicted molar refractivity (Wildman–Crippen MR) is 120 cm³/mol. The molecule has 0 fully saturated rings. The van der Waals surface area contributed by atoms with Crippen LogP contribution in [0.25, 0.3) is 0 Å². The van der Waals surface area contributed by atoms with Crippen molar-refractivity contribution < 1.29 is 18.1 Å². The Morgan fingerprint density at radius 3 is 1.25 bits per heavy atom. The summed E-state index contributed by atoms with van der Waals surface area (Å²) in [5.41, 5.74) is 0. The summed E-state index contributed by atoms with van der Waals surface area (Å²) in [6.07, 6.45) is 19.5. The van der Waals surface area contributed by atoms with E-state index in [0.29, 0.717) is 12.8 Å². The summed E-state index contributed by atoms with van der Waals surface area (Å²) in [5, 5.41) is 9.43. The molecular weight excluding hydrogens is 372 g/mol. The monoisotopic (exact) mass is 420 g/mol. The third-order valence-corrected chi connectivity index (χ3v) is 7.07. The lowest BCUT2D eigenvalue weighted by Crippen LogP contribution is -2.20. The smallest absolute Gasteiger partial charge is 0.267 e. The van der Waals surface area contributed by atoms with Crippen molar-refractivity contribution >= 4 is 10.1 Å². The molecule has 2 N–H and O–H groups in total. The minimum Gasteiger partial charge on any atom is -0.393 e. The average Bonchev–Trinajstić information content (AvgIpc) is 2.64. The quantitative estimate of drug-likeness (QED) is 0.154. The van der Waals surface area contributed by atoms with Gasteiger partial charge in [0.25, 0.3) is 10.1 Å². The van der Waals surface area contributed by atoms with E-state index in [1.165, 1.54) is 44.9 Å². The molecule has 0 aliphatic heterocycles. The van der Waals surface area contributed by atoms with Crippen LogP contribution in [0.4, 0.5) is 0 Å². The summed E-state index contributed by atoms with van der Waals surface area (Å²) in [5.74, 6) is 0. The van der Waals surface area contributed by atoms with E-state index >= 15 is 0 Å². The lowest BCUT2D eigenvalue weighted by atomic mass is 10.0. The van der Waals surface area contributed by atoms with Crippen molar-refractivity contribution in [3.8, 4) is 0 Å². The number of hydrogen-bond acceptors (Lipinski definition) is 3. The Hall–Kier alpha value is -0.130. The first-order chi connectivity index (χ1) is 13.4. The third kappa shape index (κ3) is 17.9. The Morgan fingerprint density at radius 1 is 0.571 bits per heavy atom. The second-order valence-corrected chi connectivity index (χ2v) is 10.2. The molecule has 0 heterocycles. The number of hydrogen-bond donors (Lipinski definition) is 2.